The highest BCUT2D eigenvalue weighted by Crippen LogP contribution is 2.55. The van der Waals surface area contributed by atoms with Gasteiger partial charge in [0, 0.05) is 10.0 Å². The van der Waals surface area contributed by atoms with Crippen LogP contribution in [0.2, 0.25) is 0 Å². The van der Waals surface area contributed by atoms with Gasteiger partial charge in [0.25, 0.3) is 0 Å². The number of nitrogens with zero attached hydrogens (tertiary/aromatic N) is 1. The van der Waals surface area contributed by atoms with Crippen LogP contribution in [0.25, 0.3) is 10.8 Å². The van der Waals surface area contributed by atoms with E-state index >= 15 is 0 Å². The minimum absolute atomic E-state index is 0.138. The van der Waals surface area contributed by atoms with Crippen molar-refractivity contribution in [2.45, 2.75) is 56.5 Å². The van der Waals surface area contributed by atoms with Crippen molar-refractivity contribution in [3.8, 4) is 0 Å². The van der Waals surface area contributed by atoms with Crippen LogP contribution < -0.4 is 11.1 Å². The predicted octanol–water partition coefficient (Wildman–Crippen LogP) is 5.07. The highest BCUT2D eigenvalue weighted by Gasteiger charge is 2.51. The van der Waals surface area contributed by atoms with Gasteiger partial charge in [0.15, 0.2) is 5.96 Å². The summed E-state index contributed by atoms with van der Waals surface area (Å²) in [4.78, 5) is 4.99. The number of aliphatic imine (C=N–C) groups is 1. The summed E-state index contributed by atoms with van der Waals surface area (Å²) < 4.78 is 1.14. The zero-order chi connectivity index (χ0) is 18.2. The third-order valence-corrected chi connectivity index (χ3v) is 8.01. The molecule has 2 aromatic carbocycles. The Morgan fingerprint density at radius 2 is 1.78 bits per heavy atom. The van der Waals surface area contributed by atoms with Gasteiger partial charge in [0.05, 0.1) is 6.04 Å². The average Bonchev–Trinajstić information content (AvgIpc) is 2.91. The quantitative estimate of drug-likeness (QED) is 0.522. The zero-order valence-electron chi connectivity index (χ0n) is 15.5. The monoisotopic (exact) mass is 423 g/mol. The SMILES string of the molecule is NC(=NC1Cc2cc(Br)cc3cccc1c23)NC12CC3CC(CC(C3)C1)C2. The first kappa shape index (κ1) is 16.4. The fourth-order valence-corrected chi connectivity index (χ4v) is 7.64. The lowest BCUT2D eigenvalue weighted by Crippen LogP contribution is -2.61. The van der Waals surface area contributed by atoms with Crippen molar-refractivity contribution in [3.05, 3.63) is 45.9 Å². The molecule has 3 nitrogen and oxygen atoms in total. The third-order valence-electron chi connectivity index (χ3n) is 7.55. The van der Waals surface area contributed by atoms with Crippen molar-refractivity contribution in [1.82, 2.24) is 5.32 Å². The molecule has 4 bridgehead atoms. The van der Waals surface area contributed by atoms with Gasteiger partial charge >= 0.3 is 0 Å². The van der Waals surface area contributed by atoms with Gasteiger partial charge in [-0.2, -0.15) is 0 Å². The van der Waals surface area contributed by atoms with Crippen LogP contribution >= 0.6 is 15.9 Å². The minimum atomic E-state index is 0.138. The molecule has 4 heteroatoms. The molecule has 3 N–H and O–H groups in total. The Labute approximate surface area is 168 Å². The van der Waals surface area contributed by atoms with Crippen LogP contribution in [0.15, 0.2) is 39.8 Å². The van der Waals surface area contributed by atoms with E-state index in [1.165, 1.54) is 60.4 Å². The van der Waals surface area contributed by atoms with E-state index in [9.17, 15) is 0 Å². The lowest BCUT2D eigenvalue weighted by atomic mass is 9.53. The lowest BCUT2D eigenvalue weighted by Gasteiger charge is -2.57. The van der Waals surface area contributed by atoms with Gasteiger partial charge < -0.3 is 11.1 Å². The maximum absolute atomic E-state index is 6.50. The topological polar surface area (TPSA) is 50.4 Å². The smallest absolute Gasteiger partial charge is 0.189 e. The molecule has 4 saturated carbocycles. The van der Waals surface area contributed by atoms with Crippen molar-refractivity contribution in [2.75, 3.05) is 0 Å². The van der Waals surface area contributed by atoms with E-state index in [1.54, 1.807) is 0 Å². The molecule has 0 radical (unpaired) electrons. The van der Waals surface area contributed by atoms with E-state index in [4.69, 9.17) is 10.7 Å². The first-order chi connectivity index (χ1) is 13.1. The summed E-state index contributed by atoms with van der Waals surface area (Å²) in [6, 6.07) is 11.1. The molecule has 1 unspecified atom stereocenters. The summed E-state index contributed by atoms with van der Waals surface area (Å²) in [5.41, 5.74) is 9.43. The Bertz CT molecular complexity index is 928. The number of benzene rings is 2. The number of hydrogen-bond donors (Lipinski definition) is 2. The molecule has 7 rings (SSSR count). The third kappa shape index (κ3) is 2.63. The standard InChI is InChI=1S/C23H26BrN3/c24-18-7-16-2-1-3-19-20(9-17(8-18)21(16)19)26-22(25)27-23-10-13-4-14(11-23)6-15(5-13)12-23/h1-3,7-8,13-15,20H,4-6,9-12H2,(H3,25,26,27). The van der Waals surface area contributed by atoms with Gasteiger partial charge in [-0.25, -0.2) is 4.99 Å². The molecule has 0 amide bonds. The van der Waals surface area contributed by atoms with Gasteiger partial charge in [-0.05, 0) is 96.7 Å². The van der Waals surface area contributed by atoms with E-state index in [2.05, 4.69) is 51.6 Å². The molecule has 0 spiro atoms. The Morgan fingerprint density at radius 3 is 2.48 bits per heavy atom. The number of guanidine groups is 1. The van der Waals surface area contributed by atoms with Gasteiger partial charge in [-0.3, -0.25) is 0 Å². The summed E-state index contributed by atoms with van der Waals surface area (Å²) in [6.07, 6.45) is 9.18. The molecule has 5 aliphatic carbocycles. The van der Waals surface area contributed by atoms with Gasteiger partial charge in [0.1, 0.15) is 0 Å². The molecule has 4 fully saturated rings. The van der Waals surface area contributed by atoms with Crippen LogP contribution in [0.3, 0.4) is 0 Å². The fraction of sp³-hybridized carbons (Fsp3) is 0.522. The van der Waals surface area contributed by atoms with Crippen LogP contribution in [-0.2, 0) is 6.42 Å². The molecular formula is C23H26BrN3. The molecule has 27 heavy (non-hydrogen) atoms. The Kier molecular flexibility index (Phi) is 3.48. The number of nitrogens with one attached hydrogen (secondary N) is 1. The number of halogens is 1. The minimum Gasteiger partial charge on any atom is -0.370 e. The molecule has 0 heterocycles. The molecule has 5 aliphatic rings. The van der Waals surface area contributed by atoms with Crippen molar-refractivity contribution in [2.24, 2.45) is 28.5 Å². The normalized spacial score (nSPS) is 36.6. The average molecular weight is 424 g/mol. The van der Waals surface area contributed by atoms with Crippen molar-refractivity contribution >= 4 is 32.7 Å². The Balaban J connectivity index is 1.29. The van der Waals surface area contributed by atoms with Gasteiger partial charge in [0.2, 0.25) is 0 Å². The van der Waals surface area contributed by atoms with Crippen LogP contribution in [0, 0.1) is 17.8 Å². The van der Waals surface area contributed by atoms with Gasteiger partial charge in [-0.15, -0.1) is 0 Å². The first-order valence-electron chi connectivity index (χ1n) is 10.4. The van der Waals surface area contributed by atoms with Crippen LogP contribution in [-0.4, -0.2) is 11.5 Å². The maximum Gasteiger partial charge on any atom is 0.189 e. The van der Waals surface area contributed by atoms with Crippen LogP contribution in [0.1, 0.15) is 55.7 Å². The summed E-state index contributed by atoms with van der Waals surface area (Å²) in [5.74, 6) is 3.40. The Morgan fingerprint density at radius 1 is 1.07 bits per heavy atom. The summed E-state index contributed by atoms with van der Waals surface area (Å²) in [5, 5.41) is 6.41. The number of rotatable bonds is 2. The van der Waals surface area contributed by atoms with E-state index in [1.807, 2.05) is 0 Å². The maximum atomic E-state index is 6.50. The largest absolute Gasteiger partial charge is 0.370 e. The molecule has 2 aromatic rings. The molecule has 1 atom stereocenters. The van der Waals surface area contributed by atoms with Crippen LogP contribution in [0.5, 0.6) is 0 Å². The summed E-state index contributed by atoms with van der Waals surface area (Å²) >= 11 is 3.65. The molecule has 0 aromatic heterocycles. The highest BCUT2D eigenvalue weighted by atomic mass is 79.9. The highest BCUT2D eigenvalue weighted by molar-refractivity contribution is 9.10. The second-order valence-corrected chi connectivity index (χ2v) is 10.5. The summed E-state index contributed by atoms with van der Waals surface area (Å²) in [6.45, 7) is 0. The molecule has 0 aliphatic heterocycles. The van der Waals surface area contributed by atoms with Crippen molar-refractivity contribution < 1.29 is 0 Å². The summed E-state index contributed by atoms with van der Waals surface area (Å²) in [7, 11) is 0. The zero-order valence-corrected chi connectivity index (χ0v) is 17.1. The predicted molar refractivity (Wildman–Crippen MR) is 114 cm³/mol. The van der Waals surface area contributed by atoms with Crippen LogP contribution in [0.4, 0.5) is 0 Å². The Hall–Kier alpha value is -1.55. The molecule has 140 valence electrons. The second kappa shape index (κ2) is 5.73. The van der Waals surface area contributed by atoms with Crippen molar-refractivity contribution in [1.29, 1.82) is 0 Å². The van der Waals surface area contributed by atoms with E-state index in [-0.39, 0.29) is 11.6 Å². The number of hydrogen-bond acceptors (Lipinski definition) is 1. The van der Waals surface area contributed by atoms with E-state index in [0.29, 0.717) is 5.96 Å². The fourth-order valence-electron chi connectivity index (χ4n) is 7.12. The van der Waals surface area contributed by atoms with Gasteiger partial charge in [-0.1, -0.05) is 34.1 Å². The molecule has 0 saturated heterocycles. The van der Waals surface area contributed by atoms with E-state index in [0.717, 1.165) is 28.6 Å². The molecular weight excluding hydrogens is 398 g/mol. The number of nitrogens with two attached hydrogens (primary N) is 1. The lowest BCUT2D eigenvalue weighted by molar-refractivity contribution is -0.0102. The first-order valence-corrected chi connectivity index (χ1v) is 11.2. The second-order valence-electron chi connectivity index (χ2n) is 9.57. The van der Waals surface area contributed by atoms with E-state index < -0.39 is 0 Å². The van der Waals surface area contributed by atoms with Crippen molar-refractivity contribution in [3.63, 3.8) is 0 Å².